The average molecular weight is 548 g/mol. The molecule has 0 aromatic heterocycles. The Kier molecular flexibility index (Phi) is 8.07. The third-order valence-electron chi connectivity index (χ3n) is 5.60. The molecule has 3 aromatic carbocycles. The largest absolute Gasteiger partial charge is 0.465 e. The molecule has 3 amide bonds. The monoisotopic (exact) mass is 547 g/mol. The van der Waals surface area contributed by atoms with Crippen LogP contribution in [0.4, 0.5) is 17.1 Å². The molecule has 0 radical (unpaired) electrons. The number of esters is 2. The van der Waals surface area contributed by atoms with E-state index in [9.17, 15) is 24.0 Å². The normalized spacial score (nSPS) is 12.8. The summed E-state index contributed by atoms with van der Waals surface area (Å²) in [6.07, 6.45) is 0. The predicted molar refractivity (Wildman–Crippen MR) is 144 cm³/mol. The SMILES string of the molecule is CCOC(=O)c1cccc(N2C(=O)C(Cl)=C(Nc3cccc(C(=O)Nc4ccc(C(=O)OC)cc4)c3)C2=O)c1. The number of amides is 3. The van der Waals surface area contributed by atoms with Gasteiger partial charge in [0.15, 0.2) is 0 Å². The molecular weight excluding hydrogens is 526 g/mol. The summed E-state index contributed by atoms with van der Waals surface area (Å²) in [5.74, 6) is -3.04. The zero-order valence-electron chi connectivity index (χ0n) is 20.8. The van der Waals surface area contributed by atoms with Crippen molar-refractivity contribution < 1.29 is 33.4 Å². The summed E-state index contributed by atoms with van der Waals surface area (Å²) in [7, 11) is 1.28. The second-order valence-electron chi connectivity index (χ2n) is 8.13. The van der Waals surface area contributed by atoms with E-state index in [1.807, 2.05) is 0 Å². The molecule has 39 heavy (non-hydrogen) atoms. The van der Waals surface area contributed by atoms with E-state index in [2.05, 4.69) is 15.4 Å². The van der Waals surface area contributed by atoms with E-state index >= 15 is 0 Å². The minimum atomic E-state index is -0.769. The Morgan fingerprint density at radius 2 is 1.51 bits per heavy atom. The Morgan fingerprint density at radius 3 is 2.21 bits per heavy atom. The van der Waals surface area contributed by atoms with Gasteiger partial charge in [-0.2, -0.15) is 0 Å². The van der Waals surface area contributed by atoms with Crippen molar-refractivity contribution in [2.24, 2.45) is 0 Å². The lowest BCUT2D eigenvalue weighted by atomic mass is 10.1. The van der Waals surface area contributed by atoms with Crippen LogP contribution in [0.3, 0.4) is 0 Å². The van der Waals surface area contributed by atoms with Crippen LogP contribution in [0.15, 0.2) is 83.5 Å². The van der Waals surface area contributed by atoms with Crippen molar-refractivity contribution >= 4 is 58.3 Å². The number of hydrogen-bond acceptors (Lipinski definition) is 8. The molecule has 1 heterocycles. The van der Waals surface area contributed by atoms with E-state index in [1.165, 1.54) is 49.6 Å². The third-order valence-corrected chi connectivity index (χ3v) is 5.95. The van der Waals surface area contributed by atoms with Gasteiger partial charge < -0.3 is 20.1 Å². The second kappa shape index (κ2) is 11.6. The molecule has 1 aliphatic heterocycles. The van der Waals surface area contributed by atoms with Gasteiger partial charge in [-0.15, -0.1) is 0 Å². The van der Waals surface area contributed by atoms with E-state index in [1.54, 1.807) is 37.3 Å². The van der Waals surface area contributed by atoms with Gasteiger partial charge in [-0.25, -0.2) is 14.5 Å². The van der Waals surface area contributed by atoms with Crippen LogP contribution in [0.2, 0.25) is 0 Å². The number of anilines is 3. The fraction of sp³-hybridized carbons (Fsp3) is 0.107. The summed E-state index contributed by atoms with van der Waals surface area (Å²) in [4.78, 5) is 63.3. The lowest BCUT2D eigenvalue weighted by Gasteiger charge is -2.16. The Morgan fingerprint density at radius 1 is 0.821 bits per heavy atom. The minimum absolute atomic E-state index is 0.150. The molecule has 3 aromatic rings. The fourth-order valence-electron chi connectivity index (χ4n) is 3.73. The molecule has 198 valence electrons. The average Bonchev–Trinajstić information content (AvgIpc) is 3.16. The van der Waals surface area contributed by atoms with Crippen LogP contribution in [0.25, 0.3) is 0 Å². The van der Waals surface area contributed by atoms with Crippen LogP contribution in [-0.4, -0.2) is 43.4 Å². The number of imide groups is 1. The van der Waals surface area contributed by atoms with Crippen LogP contribution in [0.1, 0.15) is 38.0 Å². The van der Waals surface area contributed by atoms with Crippen molar-refractivity contribution in [2.75, 3.05) is 29.3 Å². The molecule has 0 aliphatic carbocycles. The molecule has 0 unspecified atom stereocenters. The van der Waals surface area contributed by atoms with Crippen LogP contribution in [-0.2, 0) is 19.1 Å². The Bertz CT molecular complexity index is 1520. The van der Waals surface area contributed by atoms with Gasteiger partial charge in [-0.05, 0) is 67.6 Å². The number of carbonyl (C=O) groups is 5. The molecule has 4 rings (SSSR count). The van der Waals surface area contributed by atoms with E-state index in [0.29, 0.717) is 16.9 Å². The highest BCUT2D eigenvalue weighted by molar-refractivity contribution is 6.53. The first kappa shape index (κ1) is 27.1. The highest BCUT2D eigenvalue weighted by Crippen LogP contribution is 2.31. The Hall–Kier alpha value is -4.96. The van der Waals surface area contributed by atoms with Gasteiger partial charge in [0.05, 0.1) is 30.5 Å². The summed E-state index contributed by atoms with van der Waals surface area (Å²) >= 11 is 6.23. The van der Waals surface area contributed by atoms with Crippen molar-refractivity contribution in [3.05, 3.63) is 100 Å². The molecule has 0 bridgehead atoms. The van der Waals surface area contributed by atoms with E-state index in [-0.39, 0.29) is 34.2 Å². The third kappa shape index (κ3) is 5.81. The number of nitrogens with zero attached hydrogens (tertiary/aromatic N) is 1. The molecule has 11 heteroatoms. The number of halogens is 1. The summed E-state index contributed by atoms with van der Waals surface area (Å²) in [5.41, 5.74) is 1.52. The van der Waals surface area contributed by atoms with Crippen LogP contribution in [0, 0.1) is 0 Å². The number of nitrogens with one attached hydrogen (secondary N) is 2. The van der Waals surface area contributed by atoms with Gasteiger partial charge in [0.25, 0.3) is 17.7 Å². The number of carbonyl (C=O) groups excluding carboxylic acids is 5. The van der Waals surface area contributed by atoms with Crippen molar-refractivity contribution in [3.63, 3.8) is 0 Å². The Labute approximate surface area is 228 Å². The highest BCUT2D eigenvalue weighted by atomic mass is 35.5. The summed E-state index contributed by atoms with van der Waals surface area (Å²) in [6, 6.07) is 18.3. The fourth-order valence-corrected chi connectivity index (χ4v) is 3.94. The number of hydrogen-bond donors (Lipinski definition) is 2. The lowest BCUT2D eigenvalue weighted by Crippen LogP contribution is -2.32. The lowest BCUT2D eigenvalue weighted by molar-refractivity contribution is -0.120. The topological polar surface area (TPSA) is 131 Å². The first-order valence-corrected chi connectivity index (χ1v) is 12.0. The first-order valence-electron chi connectivity index (χ1n) is 11.7. The molecule has 10 nitrogen and oxygen atoms in total. The maximum absolute atomic E-state index is 13.2. The molecule has 2 N–H and O–H groups in total. The number of methoxy groups -OCH3 is 1. The first-order chi connectivity index (χ1) is 18.7. The smallest absolute Gasteiger partial charge is 0.338 e. The molecule has 0 fully saturated rings. The molecule has 0 atom stereocenters. The number of ether oxygens (including phenoxy) is 2. The van der Waals surface area contributed by atoms with Gasteiger partial charge in [0, 0.05) is 16.9 Å². The Balaban J connectivity index is 1.50. The van der Waals surface area contributed by atoms with Crippen molar-refractivity contribution in [3.8, 4) is 0 Å². The van der Waals surface area contributed by atoms with Gasteiger partial charge in [-0.1, -0.05) is 23.7 Å². The van der Waals surface area contributed by atoms with E-state index < -0.39 is 29.7 Å². The van der Waals surface area contributed by atoms with Crippen LogP contribution < -0.4 is 15.5 Å². The second-order valence-corrected chi connectivity index (χ2v) is 8.51. The van der Waals surface area contributed by atoms with E-state index in [0.717, 1.165) is 4.90 Å². The van der Waals surface area contributed by atoms with Gasteiger partial charge in [0.1, 0.15) is 10.7 Å². The van der Waals surface area contributed by atoms with Crippen molar-refractivity contribution in [1.29, 1.82) is 0 Å². The number of benzene rings is 3. The number of rotatable bonds is 8. The zero-order valence-corrected chi connectivity index (χ0v) is 21.6. The zero-order chi connectivity index (χ0) is 28.1. The molecular formula is C28H22ClN3O7. The van der Waals surface area contributed by atoms with E-state index in [4.69, 9.17) is 16.3 Å². The predicted octanol–water partition coefficient (Wildman–Crippen LogP) is 4.34. The molecule has 0 spiro atoms. The van der Waals surface area contributed by atoms with Crippen LogP contribution in [0.5, 0.6) is 0 Å². The quantitative estimate of drug-likeness (QED) is 0.314. The summed E-state index contributed by atoms with van der Waals surface area (Å²) in [6.45, 7) is 1.84. The summed E-state index contributed by atoms with van der Waals surface area (Å²) < 4.78 is 9.64. The standard InChI is InChI=1S/C28H22ClN3O7/c1-3-39-28(37)18-7-5-9-21(15-18)32-25(34)22(29)23(26(32)35)30-20-8-4-6-17(14-20)24(33)31-19-12-10-16(11-13-19)27(36)38-2/h4-15,30H,3H2,1-2H3,(H,31,33). The van der Waals surface area contributed by atoms with Crippen LogP contribution >= 0.6 is 11.6 Å². The maximum Gasteiger partial charge on any atom is 0.338 e. The summed E-state index contributed by atoms with van der Waals surface area (Å²) in [5, 5.41) is 5.20. The molecule has 0 saturated carbocycles. The van der Waals surface area contributed by atoms with Crippen molar-refractivity contribution in [1.82, 2.24) is 0 Å². The minimum Gasteiger partial charge on any atom is -0.465 e. The molecule has 0 saturated heterocycles. The van der Waals surface area contributed by atoms with Gasteiger partial charge >= 0.3 is 11.9 Å². The van der Waals surface area contributed by atoms with Gasteiger partial charge in [0.2, 0.25) is 0 Å². The van der Waals surface area contributed by atoms with Gasteiger partial charge in [-0.3, -0.25) is 14.4 Å². The molecule has 1 aliphatic rings. The van der Waals surface area contributed by atoms with Crippen molar-refractivity contribution in [2.45, 2.75) is 6.92 Å². The highest BCUT2D eigenvalue weighted by Gasteiger charge is 2.39. The maximum atomic E-state index is 13.2.